The minimum atomic E-state index is 0.245. The van der Waals surface area contributed by atoms with Gasteiger partial charge in [-0.15, -0.1) is 0 Å². The summed E-state index contributed by atoms with van der Waals surface area (Å²) >= 11 is 0. The van der Waals surface area contributed by atoms with Crippen molar-refractivity contribution in [1.29, 1.82) is 0 Å². The van der Waals surface area contributed by atoms with Gasteiger partial charge < -0.3 is 10.3 Å². The van der Waals surface area contributed by atoms with Crippen molar-refractivity contribution in [2.45, 2.75) is 32.7 Å². The van der Waals surface area contributed by atoms with Crippen molar-refractivity contribution in [3.8, 4) is 0 Å². The second kappa shape index (κ2) is 6.32. The number of rotatable bonds is 5. The average molecular weight is 293 g/mol. The highest BCUT2D eigenvalue weighted by Gasteiger charge is 2.18. The Morgan fingerprint density at radius 1 is 1.09 bits per heavy atom. The molecule has 1 heterocycles. The molecule has 3 heteroatoms. The Labute approximate surface area is 131 Å². The zero-order valence-corrected chi connectivity index (χ0v) is 13.3. The summed E-state index contributed by atoms with van der Waals surface area (Å²) in [5.41, 5.74) is 10.9. The van der Waals surface area contributed by atoms with Crippen LogP contribution in [-0.2, 0) is 13.0 Å². The van der Waals surface area contributed by atoms with E-state index in [1.807, 2.05) is 6.07 Å². The number of benzene rings is 2. The molecule has 0 aliphatic rings. The lowest BCUT2D eigenvalue weighted by Crippen LogP contribution is -2.19. The summed E-state index contributed by atoms with van der Waals surface area (Å²) in [5, 5.41) is 0. The monoisotopic (exact) mass is 293 g/mol. The van der Waals surface area contributed by atoms with Gasteiger partial charge in [0.1, 0.15) is 5.82 Å². The molecule has 3 rings (SSSR count). The molecule has 2 N–H and O–H groups in total. The van der Waals surface area contributed by atoms with Crippen molar-refractivity contribution < 1.29 is 0 Å². The van der Waals surface area contributed by atoms with Crippen molar-refractivity contribution in [3.05, 3.63) is 65.5 Å². The Bertz CT molecular complexity index is 756. The summed E-state index contributed by atoms with van der Waals surface area (Å²) in [6.45, 7) is 5.80. The molecule has 0 amide bonds. The number of fused-ring (bicyclic) bond motifs is 1. The van der Waals surface area contributed by atoms with E-state index in [-0.39, 0.29) is 5.92 Å². The number of aryl methyl sites for hydroxylation is 2. The molecule has 2 aromatic carbocycles. The van der Waals surface area contributed by atoms with Crippen LogP contribution in [0.15, 0.2) is 48.5 Å². The summed E-state index contributed by atoms with van der Waals surface area (Å²) in [5.74, 6) is 1.35. The fraction of sp³-hybridized carbons (Fsp3) is 0.316. The van der Waals surface area contributed by atoms with Crippen LogP contribution in [0.5, 0.6) is 0 Å². The van der Waals surface area contributed by atoms with E-state index in [2.05, 4.69) is 60.9 Å². The van der Waals surface area contributed by atoms with Crippen molar-refractivity contribution in [1.82, 2.24) is 9.55 Å². The number of aromatic nitrogens is 2. The Balaban J connectivity index is 1.97. The van der Waals surface area contributed by atoms with Crippen molar-refractivity contribution >= 4 is 11.0 Å². The number of nitrogens with two attached hydrogens (primary N) is 1. The molecule has 3 nitrogen and oxygen atoms in total. The summed E-state index contributed by atoms with van der Waals surface area (Å²) in [4.78, 5) is 4.85. The van der Waals surface area contributed by atoms with E-state index in [0.717, 1.165) is 24.3 Å². The summed E-state index contributed by atoms with van der Waals surface area (Å²) in [6.07, 6.45) is 0.931. The van der Waals surface area contributed by atoms with Gasteiger partial charge in [0.2, 0.25) is 0 Å². The van der Waals surface area contributed by atoms with E-state index in [9.17, 15) is 0 Å². The molecule has 0 aliphatic carbocycles. The zero-order valence-electron chi connectivity index (χ0n) is 13.3. The molecule has 1 aromatic heterocycles. The highest BCUT2D eigenvalue weighted by atomic mass is 15.1. The van der Waals surface area contributed by atoms with Crippen LogP contribution in [0.25, 0.3) is 11.0 Å². The van der Waals surface area contributed by atoms with Crippen LogP contribution in [0.1, 0.15) is 29.8 Å². The number of para-hydroxylation sites is 2. The third kappa shape index (κ3) is 2.77. The van der Waals surface area contributed by atoms with Crippen LogP contribution >= 0.6 is 0 Å². The maximum absolute atomic E-state index is 6.07. The van der Waals surface area contributed by atoms with Gasteiger partial charge in [-0.3, -0.25) is 0 Å². The van der Waals surface area contributed by atoms with Crippen LogP contribution in [-0.4, -0.2) is 16.1 Å². The van der Waals surface area contributed by atoms with Crippen LogP contribution in [0.4, 0.5) is 0 Å². The maximum Gasteiger partial charge on any atom is 0.114 e. The standard InChI is InChI=1S/C19H23N3/c1-3-22-18-7-5-4-6-17(18)21-19(22)16(13-20)12-15-10-8-14(2)9-11-15/h4-11,16H,3,12-13,20H2,1-2H3. The Hall–Kier alpha value is -2.13. The molecule has 1 unspecified atom stereocenters. The summed E-state index contributed by atoms with van der Waals surface area (Å²) in [6, 6.07) is 17.0. The van der Waals surface area contributed by atoms with E-state index in [4.69, 9.17) is 10.7 Å². The first-order valence-electron chi connectivity index (χ1n) is 7.93. The fourth-order valence-electron chi connectivity index (χ4n) is 3.03. The molecule has 22 heavy (non-hydrogen) atoms. The second-order valence-electron chi connectivity index (χ2n) is 5.83. The van der Waals surface area contributed by atoms with Crippen LogP contribution in [0.3, 0.4) is 0 Å². The van der Waals surface area contributed by atoms with Gasteiger partial charge in [0, 0.05) is 19.0 Å². The molecular formula is C19H23N3. The van der Waals surface area contributed by atoms with Gasteiger partial charge in [0.05, 0.1) is 11.0 Å². The Morgan fingerprint density at radius 3 is 2.50 bits per heavy atom. The first kappa shape index (κ1) is 14.8. The van der Waals surface area contributed by atoms with E-state index in [1.165, 1.54) is 16.6 Å². The van der Waals surface area contributed by atoms with Crippen LogP contribution in [0, 0.1) is 6.92 Å². The van der Waals surface area contributed by atoms with E-state index < -0.39 is 0 Å². The Morgan fingerprint density at radius 2 is 1.82 bits per heavy atom. The molecular weight excluding hydrogens is 270 g/mol. The van der Waals surface area contributed by atoms with Crippen molar-refractivity contribution in [2.24, 2.45) is 5.73 Å². The zero-order chi connectivity index (χ0) is 15.5. The molecule has 3 aromatic rings. The normalized spacial score (nSPS) is 12.7. The number of nitrogens with zero attached hydrogens (tertiary/aromatic N) is 2. The number of hydrogen-bond donors (Lipinski definition) is 1. The maximum atomic E-state index is 6.07. The molecule has 0 fully saturated rings. The Kier molecular flexibility index (Phi) is 4.25. The first-order valence-corrected chi connectivity index (χ1v) is 7.93. The average Bonchev–Trinajstić information content (AvgIpc) is 2.92. The number of hydrogen-bond acceptors (Lipinski definition) is 2. The molecule has 0 saturated carbocycles. The van der Waals surface area contributed by atoms with E-state index in [0.29, 0.717) is 6.54 Å². The minimum Gasteiger partial charge on any atom is -0.330 e. The van der Waals surface area contributed by atoms with Crippen LogP contribution < -0.4 is 5.73 Å². The molecule has 114 valence electrons. The highest BCUT2D eigenvalue weighted by molar-refractivity contribution is 5.76. The molecule has 0 aliphatic heterocycles. The van der Waals surface area contributed by atoms with Gasteiger partial charge in [0.25, 0.3) is 0 Å². The van der Waals surface area contributed by atoms with Gasteiger partial charge in [-0.25, -0.2) is 4.98 Å². The lowest BCUT2D eigenvalue weighted by Gasteiger charge is -2.16. The van der Waals surface area contributed by atoms with Gasteiger partial charge in [0.15, 0.2) is 0 Å². The predicted molar refractivity (Wildman–Crippen MR) is 92.1 cm³/mol. The largest absolute Gasteiger partial charge is 0.330 e. The van der Waals surface area contributed by atoms with E-state index in [1.54, 1.807) is 0 Å². The smallest absolute Gasteiger partial charge is 0.114 e. The fourth-order valence-corrected chi connectivity index (χ4v) is 3.03. The minimum absolute atomic E-state index is 0.245. The quantitative estimate of drug-likeness (QED) is 0.780. The van der Waals surface area contributed by atoms with Gasteiger partial charge in [-0.2, -0.15) is 0 Å². The van der Waals surface area contributed by atoms with Crippen molar-refractivity contribution in [2.75, 3.05) is 6.54 Å². The van der Waals surface area contributed by atoms with Gasteiger partial charge >= 0.3 is 0 Å². The topological polar surface area (TPSA) is 43.8 Å². The summed E-state index contributed by atoms with van der Waals surface area (Å²) < 4.78 is 2.29. The number of imidazole rings is 1. The van der Waals surface area contributed by atoms with Crippen molar-refractivity contribution in [3.63, 3.8) is 0 Å². The van der Waals surface area contributed by atoms with Crippen LogP contribution in [0.2, 0.25) is 0 Å². The lowest BCUT2D eigenvalue weighted by atomic mass is 9.98. The van der Waals surface area contributed by atoms with Gasteiger partial charge in [-0.1, -0.05) is 42.0 Å². The van der Waals surface area contributed by atoms with Gasteiger partial charge in [-0.05, 0) is 38.0 Å². The SMILES string of the molecule is CCn1c(C(CN)Cc2ccc(C)cc2)nc2ccccc21. The van der Waals surface area contributed by atoms with E-state index >= 15 is 0 Å². The predicted octanol–water partition coefficient (Wildman–Crippen LogP) is 3.65. The molecule has 0 radical (unpaired) electrons. The highest BCUT2D eigenvalue weighted by Crippen LogP contribution is 2.24. The molecule has 0 bridgehead atoms. The first-order chi connectivity index (χ1) is 10.7. The lowest BCUT2D eigenvalue weighted by molar-refractivity contribution is 0.597. The third-order valence-electron chi connectivity index (χ3n) is 4.25. The molecule has 0 saturated heterocycles. The molecule has 0 spiro atoms. The summed E-state index contributed by atoms with van der Waals surface area (Å²) in [7, 11) is 0. The second-order valence-corrected chi connectivity index (χ2v) is 5.83. The third-order valence-corrected chi connectivity index (χ3v) is 4.25. The molecule has 1 atom stereocenters.